The van der Waals surface area contributed by atoms with Gasteiger partial charge in [0.2, 0.25) is 0 Å². The summed E-state index contributed by atoms with van der Waals surface area (Å²) in [4.78, 5) is 4.21. The molecule has 0 spiro atoms. The normalized spacial score (nSPS) is 11.6. The minimum absolute atomic E-state index is 1.37. The van der Waals surface area contributed by atoms with E-state index in [1.807, 2.05) is 34.0 Å². The first-order chi connectivity index (χ1) is 12.2. The van der Waals surface area contributed by atoms with Gasteiger partial charge in [-0.05, 0) is 37.4 Å². The van der Waals surface area contributed by atoms with Gasteiger partial charge in [0.1, 0.15) is 0 Å². The smallest absolute Gasteiger partial charge is 0.0439 e. The summed E-state index contributed by atoms with van der Waals surface area (Å²) in [7, 11) is 0. The summed E-state index contributed by atoms with van der Waals surface area (Å²) in [5.74, 6) is 0. The number of aryl methyl sites for hydroxylation is 2. The zero-order valence-electron chi connectivity index (χ0n) is 14.0. The predicted molar refractivity (Wildman–Crippen MR) is 115 cm³/mol. The molecule has 0 atom stereocenters. The van der Waals surface area contributed by atoms with Crippen LogP contribution in [0.15, 0.2) is 60.0 Å². The van der Waals surface area contributed by atoms with E-state index in [1.54, 1.807) is 0 Å². The fourth-order valence-corrected chi connectivity index (χ4v) is 6.88. The maximum atomic E-state index is 2.30. The van der Waals surface area contributed by atoms with Crippen molar-refractivity contribution in [3.8, 4) is 21.6 Å². The molecule has 0 nitrogen and oxygen atoms in total. The maximum absolute atomic E-state index is 2.30. The molecule has 0 saturated heterocycles. The first-order valence-corrected chi connectivity index (χ1v) is 10.8. The molecular weight excluding hydrogens is 360 g/mol. The Hall–Kier alpha value is -1.94. The van der Waals surface area contributed by atoms with E-state index in [9.17, 15) is 0 Å². The quantitative estimate of drug-likeness (QED) is 0.292. The van der Waals surface area contributed by atoms with Crippen molar-refractivity contribution in [1.29, 1.82) is 0 Å². The summed E-state index contributed by atoms with van der Waals surface area (Å²) < 4.78 is 2.75. The zero-order chi connectivity index (χ0) is 17.0. The summed E-state index contributed by atoms with van der Waals surface area (Å²) in [6, 6.07) is 19.8. The third kappa shape index (κ3) is 2.30. The van der Waals surface area contributed by atoms with Crippen molar-refractivity contribution in [1.82, 2.24) is 0 Å². The number of hydrogen-bond acceptors (Lipinski definition) is 3. The highest BCUT2D eigenvalue weighted by atomic mass is 32.1. The van der Waals surface area contributed by atoms with E-state index < -0.39 is 0 Å². The topological polar surface area (TPSA) is 0 Å². The molecule has 2 aromatic carbocycles. The van der Waals surface area contributed by atoms with Gasteiger partial charge >= 0.3 is 0 Å². The van der Waals surface area contributed by atoms with Gasteiger partial charge in [0.05, 0.1) is 0 Å². The Morgan fingerprint density at radius 1 is 0.640 bits per heavy atom. The van der Waals surface area contributed by atoms with Gasteiger partial charge in [-0.1, -0.05) is 36.4 Å². The minimum atomic E-state index is 1.37. The lowest BCUT2D eigenvalue weighted by Crippen LogP contribution is -1.81. The van der Waals surface area contributed by atoms with Crippen molar-refractivity contribution in [2.45, 2.75) is 13.8 Å². The summed E-state index contributed by atoms with van der Waals surface area (Å²) >= 11 is 5.66. The first kappa shape index (κ1) is 15.3. The largest absolute Gasteiger partial charge is 0.143 e. The Bertz CT molecular complexity index is 1120. The second-order valence-electron chi connectivity index (χ2n) is 6.22. The van der Waals surface area contributed by atoms with Crippen LogP contribution in [0.1, 0.15) is 9.75 Å². The fourth-order valence-electron chi connectivity index (χ4n) is 3.65. The fraction of sp³-hybridized carbons (Fsp3) is 0.0909. The summed E-state index contributed by atoms with van der Waals surface area (Å²) in [5, 5.41) is 5.00. The van der Waals surface area contributed by atoms with Crippen LogP contribution in [-0.2, 0) is 0 Å². The van der Waals surface area contributed by atoms with Crippen LogP contribution in [0.5, 0.6) is 0 Å². The molecule has 0 aliphatic heterocycles. The average Bonchev–Trinajstić information content (AvgIpc) is 3.27. The second kappa shape index (κ2) is 5.80. The Morgan fingerprint density at radius 2 is 1.20 bits per heavy atom. The zero-order valence-corrected chi connectivity index (χ0v) is 16.4. The molecule has 0 N–H and O–H groups in total. The van der Waals surface area contributed by atoms with Gasteiger partial charge in [0.25, 0.3) is 0 Å². The lowest BCUT2D eigenvalue weighted by molar-refractivity contribution is 1.61. The Kier molecular flexibility index (Phi) is 3.56. The molecule has 3 heterocycles. The van der Waals surface area contributed by atoms with Gasteiger partial charge in [-0.2, -0.15) is 0 Å². The van der Waals surface area contributed by atoms with Crippen LogP contribution in [0.3, 0.4) is 0 Å². The Labute approximate surface area is 159 Å². The summed E-state index contributed by atoms with van der Waals surface area (Å²) in [6.07, 6.45) is 0. The van der Waals surface area contributed by atoms with Gasteiger partial charge < -0.3 is 0 Å². The van der Waals surface area contributed by atoms with Crippen molar-refractivity contribution in [3.63, 3.8) is 0 Å². The molecule has 0 unspecified atom stereocenters. The van der Waals surface area contributed by atoms with Crippen LogP contribution in [0.2, 0.25) is 0 Å². The van der Waals surface area contributed by atoms with Crippen LogP contribution in [0, 0.1) is 13.8 Å². The molecule has 0 bridgehead atoms. The van der Waals surface area contributed by atoms with E-state index >= 15 is 0 Å². The average molecular weight is 377 g/mol. The molecular formula is C22H16S3. The van der Waals surface area contributed by atoms with E-state index in [0.717, 1.165) is 0 Å². The van der Waals surface area contributed by atoms with Crippen LogP contribution in [-0.4, -0.2) is 0 Å². The number of thiophene rings is 3. The summed E-state index contributed by atoms with van der Waals surface area (Å²) in [5.41, 5.74) is 4.21. The van der Waals surface area contributed by atoms with Crippen LogP contribution < -0.4 is 0 Å². The molecule has 0 radical (unpaired) electrons. The molecule has 3 aromatic heterocycles. The highest BCUT2D eigenvalue weighted by molar-refractivity contribution is 7.21. The van der Waals surface area contributed by atoms with Crippen molar-refractivity contribution < 1.29 is 0 Å². The van der Waals surface area contributed by atoms with E-state index in [-0.39, 0.29) is 0 Å². The van der Waals surface area contributed by atoms with E-state index in [1.165, 1.54) is 51.5 Å². The van der Waals surface area contributed by atoms with E-state index in [2.05, 4.69) is 73.8 Å². The van der Waals surface area contributed by atoms with Gasteiger partial charge in [-0.3, -0.25) is 0 Å². The van der Waals surface area contributed by atoms with Gasteiger partial charge in [0, 0.05) is 51.5 Å². The highest BCUT2D eigenvalue weighted by Crippen LogP contribution is 2.48. The molecule has 5 rings (SSSR count). The second-order valence-corrected chi connectivity index (χ2v) is 9.65. The van der Waals surface area contributed by atoms with Gasteiger partial charge in [-0.25, -0.2) is 0 Å². The van der Waals surface area contributed by atoms with Gasteiger partial charge in [-0.15, -0.1) is 34.0 Å². The highest BCUT2D eigenvalue weighted by Gasteiger charge is 2.20. The predicted octanol–water partition coefficient (Wildman–Crippen LogP) is 8.13. The molecule has 0 saturated carbocycles. The first-order valence-electron chi connectivity index (χ1n) is 8.28. The standard InChI is InChI=1S/C22H16S3/c1-13-20(15-7-3-5-9-18(15)24-13)17-11-12-23-22(17)21-14(2)25-19-10-6-4-8-16(19)21/h3-12H,1-2H3. The van der Waals surface area contributed by atoms with Crippen molar-refractivity contribution >= 4 is 54.2 Å². The van der Waals surface area contributed by atoms with Gasteiger partial charge in [0.15, 0.2) is 0 Å². The molecule has 0 amide bonds. The van der Waals surface area contributed by atoms with Crippen molar-refractivity contribution in [2.24, 2.45) is 0 Å². The molecule has 3 heteroatoms. The number of hydrogen-bond donors (Lipinski definition) is 0. The number of fused-ring (bicyclic) bond motifs is 2. The van der Waals surface area contributed by atoms with E-state index in [0.29, 0.717) is 0 Å². The maximum Gasteiger partial charge on any atom is 0.0439 e. The third-order valence-electron chi connectivity index (χ3n) is 4.70. The lowest BCUT2D eigenvalue weighted by Gasteiger charge is -2.06. The van der Waals surface area contributed by atoms with Crippen molar-refractivity contribution in [3.05, 3.63) is 69.7 Å². The minimum Gasteiger partial charge on any atom is -0.143 e. The molecule has 0 aliphatic carbocycles. The lowest BCUT2D eigenvalue weighted by atomic mass is 9.99. The molecule has 5 aromatic rings. The Morgan fingerprint density at radius 3 is 1.88 bits per heavy atom. The number of rotatable bonds is 2. The van der Waals surface area contributed by atoms with E-state index in [4.69, 9.17) is 0 Å². The summed E-state index contributed by atoms with van der Waals surface area (Å²) in [6.45, 7) is 4.50. The SMILES string of the molecule is Cc1sc2ccccc2c1-c1ccsc1-c1c(C)sc2ccccc12. The van der Waals surface area contributed by atoms with Crippen LogP contribution in [0.4, 0.5) is 0 Å². The number of benzene rings is 2. The molecule has 25 heavy (non-hydrogen) atoms. The monoisotopic (exact) mass is 376 g/mol. The third-order valence-corrected chi connectivity index (χ3v) is 7.81. The molecule has 0 aliphatic rings. The van der Waals surface area contributed by atoms with Crippen LogP contribution in [0.25, 0.3) is 41.7 Å². The Balaban J connectivity index is 1.83. The van der Waals surface area contributed by atoms with Crippen LogP contribution >= 0.6 is 34.0 Å². The molecule has 0 fully saturated rings. The molecule has 122 valence electrons. The van der Waals surface area contributed by atoms with Crippen molar-refractivity contribution in [2.75, 3.05) is 0 Å².